The van der Waals surface area contributed by atoms with Gasteiger partial charge < -0.3 is 9.72 Å². The number of aromatic amines is 1. The van der Waals surface area contributed by atoms with Crippen molar-refractivity contribution in [1.82, 2.24) is 9.97 Å². The van der Waals surface area contributed by atoms with E-state index in [4.69, 9.17) is 10.00 Å². The molecule has 0 spiro atoms. The second-order valence-electron chi connectivity index (χ2n) is 4.50. The van der Waals surface area contributed by atoms with Gasteiger partial charge in [0.2, 0.25) is 0 Å². The molecular weight excluding hydrogens is 238 g/mol. The number of nitriles is 1. The van der Waals surface area contributed by atoms with Gasteiger partial charge in [-0.25, -0.2) is 4.98 Å². The normalized spacial score (nSPS) is 10.2. The first-order valence-corrected chi connectivity index (χ1v) is 6.23. The molecule has 1 N–H and O–H groups in total. The first kappa shape index (κ1) is 13.2. The fourth-order valence-electron chi connectivity index (χ4n) is 2.12. The van der Waals surface area contributed by atoms with E-state index < -0.39 is 0 Å². The van der Waals surface area contributed by atoms with Gasteiger partial charge in [-0.3, -0.25) is 0 Å². The maximum absolute atomic E-state index is 8.61. The average molecular weight is 255 g/mol. The van der Waals surface area contributed by atoms with Crippen LogP contribution in [0, 0.1) is 25.2 Å². The van der Waals surface area contributed by atoms with Gasteiger partial charge >= 0.3 is 0 Å². The lowest BCUT2D eigenvalue weighted by atomic mass is 10.1. The summed E-state index contributed by atoms with van der Waals surface area (Å²) < 4.78 is 5.26. The zero-order valence-corrected chi connectivity index (χ0v) is 11.4. The number of ether oxygens (including phenoxy) is 1. The summed E-state index contributed by atoms with van der Waals surface area (Å²) in [6, 6.07) is 8.15. The molecule has 0 unspecified atom stereocenters. The maximum Gasteiger partial charge on any atom is 0.121 e. The van der Waals surface area contributed by atoms with E-state index in [0.717, 1.165) is 34.1 Å². The molecule has 1 aromatic heterocycles. The van der Waals surface area contributed by atoms with Crippen LogP contribution in [-0.2, 0) is 6.42 Å². The molecule has 1 aromatic carbocycles. The van der Waals surface area contributed by atoms with Gasteiger partial charge in [-0.05, 0) is 37.6 Å². The molecule has 2 rings (SSSR count). The lowest BCUT2D eigenvalue weighted by molar-refractivity contribution is 0.412. The largest absolute Gasteiger partial charge is 0.496 e. The zero-order chi connectivity index (χ0) is 13.8. The monoisotopic (exact) mass is 255 g/mol. The van der Waals surface area contributed by atoms with E-state index in [0.29, 0.717) is 12.8 Å². The van der Waals surface area contributed by atoms with Crippen molar-refractivity contribution >= 4 is 0 Å². The van der Waals surface area contributed by atoms with Crippen LogP contribution in [0.5, 0.6) is 5.75 Å². The van der Waals surface area contributed by atoms with Crippen molar-refractivity contribution in [3.63, 3.8) is 0 Å². The molecule has 4 heteroatoms. The Morgan fingerprint density at radius 2 is 2.16 bits per heavy atom. The van der Waals surface area contributed by atoms with Crippen LogP contribution in [0.15, 0.2) is 18.2 Å². The van der Waals surface area contributed by atoms with Gasteiger partial charge in [0, 0.05) is 24.1 Å². The van der Waals surface area contributed by atoms with Crippen LogP contribution < -0.4 is 4.74 Å². The number of H-pyrrole nitrogens is 1. The van der Waals surface area contributed by atoms with Crippen LogP contribution in [0.1, 0.15) is 23.5 Å². The molecule has 0 saturated heterocycles. The number of hydrogen-bond acceptors (Lipinski definition) is 3. The van der Waals surface area contributed by atoms with Crippen LogP contribution in [0.3, 0.4) is 0 Å². The minimum atomic E-state index is 0.480. The molecule has 0 aliphatic rings. The lowest BCUT2D eigenvalue weighted by Crippen LogP contribution is -1.89. The minimum Gasteiger partial charge on any atom is -0.496 e. The molecule has 1 heterocycles. The van der Waals surface area contributed by atoms with E-state index in [2.05, 4.69) is 22.1 Å². The minimum absolute atomic E-state index is 0.480. The summed E-state index contributed by atoms with van der Waals surface area (Å²) >= 11 is 0. The number of aromatic nitrogens is 2. The third kappa shape index (κ3) is 2.76. The maximum atomic E-state index is 8.61. The fraction of sp³-hybridized carbons (Fsp3) is 0.333. The SMILES string of the molecule is COc1ccc(-c2nc(CCC#N)[nH]c2C)cc1C. The van der Waals surface area contributed by atoms with Gasteiger partial charge in [-0.1, -0.05) is 0 Å². The topological polar surface area (TPSA) is 61.7 Å². The molecule has 4 nitrogen and oxygen atoms in total. The van der Waals surface area contributed by atoms with Gasteiger partial charge in [0.1, 0.15) is 11.6 Å². The van der Waals surface area contributed by atoms with E-state index in [-0.39, 0.29) is 0 Å². The predicted molar refractivity (Wildman–Crippen MR) is 74.0 cm³/mol. The zero-order valence-electron chi connectivity index (χ0n) is 11.4. The smallest absolute Gasteiger partial charge is 0.121 e. The van der Waals surface area contributed by atoms with Crippen molar-refractivity contribution in [3.8, 4) is 23.1 Å². The second kappa shape index (κ2) is 5.57. The number of aryl methyl sites for hydroxylation is 3. The molecule has 0 amide bonds. The summed E-state index contributed by atoms with van der Waals surface area (Å²) in [5, 5.41) is 8.61. The number of methoxy groups -OCH3 is 1. The first-order valence-electron chi connectivity index (χ1n) is 6.23. The Morgan fingerprint density at radius 1 is 1.37 bits per heavy atom. The van der Waals surface area contributed by atoms with E-state index in [1.807, 2.05) is 26.0 Å². The Hall–Kier alpha value is -2.28. The standard InChI is InChI=1S/C15H17N3O/c1-10-9-12(6-7-13(10)19-3)15-11(2)17-14(18-15)5-4-8-16/h6-7,9H,4-5H2,1-3H3,(H,17,18). The molecular formula is C15H17N3O. The fourth-order valence-corrected chi connectivity index (χ4v) is 2.12. The summed E-state index contributed by atoms with van der Waals surface area (Å²) in [4.78, 5) is 7.80. The van der Waals surface area contributed by atoms with E-state index in [1.54, 1.807) is 7.11 Å². The molecule has 0 aliphatic heterocycles. The number of nitrogens with zero attached hydrogens (tertiary/aromatic N) is 2. The van der Waals surface area contributed by atoms with E-state index in [9.17, 15) is 0 Å². The highest BCUT2D eigenvalue weighted by Gasteiger charge is 2.10. The Bertz CT molecular complexity index is 623. The molecule has 19 heavy (non-hydrogen) atoms. The highest BCUT2D eigenvalue weighted by molar-refractivity contribution is 5.64. The van der Waals surface area contributed by atoms with Gasteiger partial charge in [0.25, 0.3) is 0 Å². The van der Waals surface area contributed by atoms with Crippen LogP contribution in [0.2, 0.25) is 0 Å². The number of imidazole rings is 1. The van der Waals surface area contributed by atoms with Gasteiger partial charge in [0.15, 0.2) is 0 Å². The predicted octanol–water partition coefficient (Wildman–Crippen LogP) is 3.16. The third-order valence-electron chi connectivity index (χ3n) is 3.08. The molecule has 0 atom stereocenters. The molecule has 0 bridgehead atoms. The number of benzene rings is 1. The van der Waals surface area contributed by atoms with Gasteiger partial charge in [-0.15, -0.1) is 0 Å². The van der Waals surface area contributed by atoms with Crippen molar-refractivity contribution in [2.75, 3.05) is 7.11 Å². The van der Waals surface area contributed by atoms with Crippen molar-refractivity contribution in [3.05, 3.63) is 35.3 Å². The van der Waals surface area contributed by atoms with Crippen LogP contribution >= 0.6 is 0 Å². The first-order chi connectivity index (χ1) is 9.15. The van der Waals surface area contributed by atoms with Crippen molar-refractivity contribution < 1.29 is 4.74 Å². The molecule has 0 saturated carbocycles. The molecule has 0 fully saturated rings. The highest BCUT2D eigenvalue weighted by atomic mass is 16.5. The molecule has 2 aromatic rings. The van der Waals surface area contributed by atoms with Crippen molar-refractivity contribution in [2.45, 2.75) is 26.7 Å². The lowest BCUT2D eigenvalue weighted by Gasteiger charge is -2.06. The van der Waals surface area contributed by atoms with Gasteiger partial charge in [0.05, 0.1) is 18.9 Å². The van der Waals surface area contributed by atoms with Crippen LogP contribution in [-0.4, -0.2) is 17.1 Å². The summed E-state index contributed by atoms with van der Waals surface area (Å²) in [5.74, 6) is 1.74. The summed E-state index contributed by atoms with van der Waals surface area (Å²) in [6.07, 6.45) is 1.14. The Morgan fingerprint density at radius 3 is 2.79 bits per heavy atom. The summed E-state index contributed by atoms with van der Waals surface area (Å²) in [7, 11) is 1.67. The van der Waals surface area contributed by atoms with E-state index in [1.165, 1.54) is 0 Å². The molecule has 0 aliphatic carbocycles. The number of rotatable bonds is 4. The summed E-state index contributed by atoms with van der Waals surface area (Å²) in [6.45, 7) is 4.01. The van der Waals surface area contributed by atoms with Crippen molar-refractivity contribution in [1.29, 1.82) is 5.26 Å². The highest BCUT2D eigenvalue weighted by Crippen LogP contribution is 2.27. The Labute approximate surface area is 113 Å². The summed E-state index contributed by atoms with van der Waals surface area (Å²) in [5.41, 5.74) is 4.12. The van der Waals surface area contributed by atoms with Crippen LogP contribution in [0.4, 0.5) is 0 Å². The van der Waals surface area contributed by atoms with Crippen molar-refractivity contribution in [2.24, 2.45) is 0 Å². The van der Waals surface area contributed by atoms with Crippen LogP contribution in [0.25, 0.3) is 11.3 Å². The van der Waals surface area contributed by atoms with E-state index >= 15 is 0 Å². The molecule has 0 radical (unpaired) electrons. The second-order valence-corrected chi connectivity index (χ2v) is 4.50. The molecule has 98 valence electrons. The Kier molecular flexibility index (Phi) is 3.86. The number of nitrogens with one attached hydrogen (secondary N) is 1. The van der Waals surface area contributed by atoms with Gasteiger partial charge in [-0.2, -0.15) is 5.26 Å². The number of hydrogen-bond donors (Lipinski definition) is 1. The quantitative estimate of drug-likeness (QED) is 0.912. The average Bonchev–Trinajstić information content (AvgIpc) is 2.77. The third-order valence-corrected chi connectivity index (χ3v) is 3.08. The Balaban J connectivity index is 2.34.